The lowest BCUT2D eigenvalue weighted by Gasteiger charge is -2.37. The van der Waals surface area contributed by atoms with Crippen LogP contribution in [0.25, 0.3) is 0 Å². The fourth-order valence-corrected chi connectivity index (χ4v) is 6.66. The van der Waals surface area contributed by atoms with E-state index in [0.29, 0.717) is 71.2 Å². The van der Waals surface area contributed by atoms with E-state index < -0.39 is 59.1 Å². The third kappa shape index (κ3) is 7.94. The topological polar surface area (TPSA) is 104 Å². The number of nitrogens with zero attached hydrogens (tertiary/aromatic N) is 3. The van der Waals surface area contributed by atoms with Gasteiger partial charge in [-0.2, -0.15) is 26.3 Å². The molecule has 15 heteroatoms. The molecule has 47 heavy (non-hydrogen) atoms. The summed E-state index contributed by atoms with van der Waals surface area (Å²) in [4.78, 5) is 33.2. The fourth-order valence-electron chi connectivity index (χ4n) is 6.66. The van der Waals surface area contributed by atoms with Crippen LogP contribution in [0, 0.1) is 11.8 Å². The quantitative estimate of drug-likeness (QED) is 0.350. The summed E-state index contributed by atoms with van der Waals surface area (Å²) in [6, 6.07) is 7.36. The van der Waals surface area contributed by atoms with Gasteiger partial charge < -0.3 is 24.8 Å². The SMILES string of the molecule is COc1ccc(C(O)(CNC(=O)[C@H]2CC[C@H](CN3CC4(CCN(Cc5ccc(C(F)(F)F)cc5)CC4)OC3=O)CC2)C(F)(F)F)cn1. The van der Waals surface area contributed by atoms with Crippen LogP contribution in [0.2, 0.25) is 0 Å². The predicted molar refractivity (Wildman–Crippen MR) is 156 cm³/mol. The molecular formula is C32H38F6N4O5. The molecule has 2 amide bonds. The number of pyridine rings is 1. The van der Waals surface area contributed by atoms with Crippen molar-refractivity contribution in [3.05, 3.63) is 59.3 Å². The Balaban J connectivity index is 1.06. The second-order valence-corrected chi connectivity index (χ2v) is 12.8. The van der Waals surface area contributed by atoms with Gasteiger partial charge in [-0.05, 0) is 55.4 Å². The maximum atomic E-state index is 13.9. The fraction of sp³-hybridized carbons (Fsp3) is 0.594. The monoisotopic (exact) mass is 672 g/mol. The summed E-state index contributed by atoms with van der Waals surface area (Å²) in [6.07, 6.45) is -5.74. The van der Waals surface area contributed by atoms with Crippen LogP contribution in [0.4, 0.5) is 31.1 Å². The van der Waals surface area contributed by atoms with Crippen LogP contribution in [0.3, 0.4) is 0 Å². The van der Waals surface area contributed by atoms with E-state index in [0.717, 1.165) is 30.0 Å². The highest BCUT2D eigenvalue weighted by Gasteiger charge is 2.55. The van der Waals surface area contributed by atoms with Crippen molar-refractivity contribution >= 4 is 12.0 Å². The molecular weight excluding hydrogens is 634 g/mol. The van der Waals surface area contributed by atoms with Gasteiger partial charge in [0.25, 0.3) is 0 Å². The number of amides is 2. The van der Waals surface area contributed by atoms with Gasteiger partial charge in [0.1, 0.15) is 5.60 Å². The Bertz CT molecular complexity index is 1390. The van der Waals surface area contributed by atoms with Crippen molar-refractivity contribution in [2.45, 2.75) is 68.6 Å². The summed E-state index contributed by atoms with van der Waals surface area (Å²) in [5, 5.41) is 12.9. The average molecular weight is 673 g/mol. The number of piperidine rings is 1. The molecule has 1 unspecified atom stereocenters. The number of nitrogens with one attached hydrogen (secondary N) is 1. The molecule has 1 aromatic carbocycles. The van der Waals surface area contributed by atoms with E-state index in [4.69, 9.17) is 9.47 Å². The maximum Gasteiger partial charge on any atom is 0.423 e. The molecule has 2 aromatic rings. The summed E-state index contributed by atoms with van der Waals surface area (Å²) in [7, 11) is 1.31. The highest BCUT2D eigenvalue weighted by Crippen LogP contribution is 2.40. The van der Waals surface area contributed by atoms with Gasteiger partial charge in [0, 0.05) is 62.8 Å². The average Bonchev–Trinajstić information content (AvgIpc) is 3.34. The first kappa shape index (κ1) is 34.7. The lowest BCUT2D eigenvalue weighted by atomic mass is 9.81. The van der Waals surface area contributed by atoms with E-state index in [-0.39, 0.29) is 11.8 Å². The first-order valence-corrected chi connectivity index (χ1v) is 15.5. The van der Waals surface area contributed by atoms with Crippen LogP contribution < -0.4 is 10.1 Å². The van der Waals surface area contributed by atoms with Crippen molar-refractivity contribution in [1.82, 2.24) is 20.1 Å². The molecule has 3 aliphatic rings. The first-order chi connectivity index (χ1) is 22.1. The highest BCUT2D eigenvalue weighted by molar-refractivity contribution is 5.78. The molecule has 0 bridgehead atoms. The normalized spacial score (nSPS) is 23.3. The predicted octanol–water partition coefficient (Wildman–Crippen LogP) is 5.27. The summed E-state index contributed by atoms with van der Waals surface area (Å²) < 4.78 is 90.9. The number of halogens is 6. The molecule has 1 aromatic heterocycles. The van der Waals surface area contributed by atoms with Crippen molar-refractivity contribution in [2.75, 3.05) is 39.8 Å². The first-order valence-electron chi connectivity index (χ1n) is 15.5. The third-order valence-electron chi connectivity index (χ3n) is 9.60. The third-order valence-corrected chi connectivity index (χ3v) is 9.60. The number of hydrogen-bond donors (Lipinski definition) is 2. The molecule has 2 N–H and O–H groups in total. The van der Waals surface area contributed by atoms with Crippen LogP contribution >= 0.6 is 0 Å². The van der Waals surface area contributed by atoms with Gasteiger partial charge in [0.05, 0.1) is 25.8 Å². The van der Waals surface area contributed by atoms with Gasteiger partial charge in [0.15, 0.2) is 0 Å². The number of likely N-dealkylation sites (tertiary alicyclic amines) is 1. The van der Waals surface area contributed by atoms with Crippen molar-refractivity contribution < 1.29 is 50.5 Å². The van der Waals surface area contributed by atoms with Gasteiger partial charge in [-0.15, -0.1) is 0 Å². The Morgan fingerprint density at radius 2 is 1.66 bits per heavy atom. The Kier molecular flexibility index (Phi) is 9.97. The number of rotatable bonds is 9. The van der Waals surface area contributed by atoms with Crippen molar-refractivity contribution in [2.24, 2.45) is 11.8 Å². The van der Waals surface area contributed by atoms with Gasteiger partial charge >= 0.3 is 18.4 Å². The Labute approximate surface area is 268 Å². The van der Waals surface area contributed by atoms with E-state index >= 15 is 0 Å². The molecule has 1 atom stereocenters. The summed E-state index contributed by atoms with van der Waals surface area (Å²) >= 11 is 0. The lowest BCUT2D eigenvalue weighted by Crippen LogP contribution is -2.52. The Morgan fingerprint density at radius 1 is 1.02 bits per heavy atom. The second-order valence-electron chi connectivity index (χ2n) is 12.8. The molecule has 2 saturated heterocycles. The molecule has 1 spiro atoms. The van der Waals surface area contributed by atoms with Crippen molar-refractivity contribution in [1.29, 1.82) is 0 Å². The second kappa shape index (κ2) is 13.5. The van der Waals surface area contributed by atoms with Gasteiger partial charge in [0.2, 0.25) is 17.4 Å². The number of aromatic nitrogens is 1. The number of ether oxygens (including phenoxy) is 2. The number of methoxy groups -OCH3 is 1. The minimum atomic E-state index is -5.07. The maximum absolute atomic E-state index is 13.9. The molecule has 258 valence electrons. The Morgan fingerprint density at radius 3 is 2.21 bits per heavy atom. The smallest absolute Gasteiger partial charge is 0.423 e. The van der Waals surface area contributed by atoms with E-state index in [9.17, 15) is 41.0 Å². The number of benzene rings is 1. The standard InChI is InChI=1S/C32H38F6N4O5/c1-46-26-11-10-25(16-39-26)30(45,32(36,37)38)19-40-27(43)23-6-2-22(3-7-23)18-42-20-29(47-28(42)44)12-14-41(15-13-29)17-21-4-8-24(9-5-21)31(33,34)35/h4-5,8-11,16,22-23,45H,2-3,6-7,12-15,17-20H2,1H3,(H,40,43)/t22-,23-,30?. The van der Waals surface area contributed by atoms with Gasteiger partial charge in [-0.25, -0.2) is 9.78 Å². The van der Waals surface area contributed by atoms with Crippen LogP contribution in [-0.2, 0) is 27.9 Å². The molecule has 1 saturated carbocycles. The van der Waals surface area contributed by atoms with Crippen LogP contribution in [0.15, 0.2) is 42.6 Å². The van der Waals surface area contributed by atoms with Crippen LogP contribution in [0.5, 0.6) is 5.88 Å². The molecule has 5 rings (SSSR count). The number of aliphatic hydroxyl groups is 1. The number of carbonyl (C=O) groups is 2. The van der Waals surface area contributed by atoms with E-state index in [2.05, 4.69) is 15.2 Å². The molecule has 3 fully saturated rings. The molecule has 2 aliphatic heterocycles. The summed E-state index contributed by atoms with van der Waals surface area (Å²) in [6.45, 7) is 1.56. The molecule has 9 nitrogen and oxygen atoms in total. The summed E-state index contributed by atoms with van der Waals surface area (Å²) in [5.41, 5.74) is -4.39. The zero-order valence-corrected chi connectivity index (χ0v) is 25.9. The largest absolute Gasteiger partial charge is 0.481 e. The zero-order chi connectivity index (χ0) is 34.0. The van der Waals surface area contributed by atoms with Crippen molar-refractivity contribution in [3.8, 4) is 5.88 Å². The van der Waals surface area contributed by atoms with E-state index in [1.807, 2.05) is 0 Å². The van der Waals surface area contributed by atoms with Gasteiger partial charge in [-0.3, -0.25) is 9.69 Å². The molecule has 1 aliphatic carbocycles. The number of alkyl halides is 6. The minimum Gasteiger partial charge on any atom is -0.481 e. The zero-order valence-electron chi connectivity index (χ0n) is 25.9. The minimum absolute atomic E-state index is 0.0802. The van der Waals surface area contributed by atoms with Crippen LogP contribution in [0.1, 0.15) is 55.2 Å². The lowest BCUT2D eigenvalue weighted by molar-refractivity contribution is -0.264. The summed E-state index contributed by atoms with van der Waals surface area (Å²) in [5.74, 6) is -0.922. The van der Waals surface area contributed by atoms with Crippen LogP contribution in [-0.4, -0.2) is 83.5 Å². The molecule has 0 radical (unpaired) electrons. The van der Waals surface area contributed by atoms with E-state index in [1.165, 1.54) is 25.3 Å². The van der Waals surface area contributed by atoms with E-state index in [1.54, 1.807) is 4.90 Å². The number of hydrogen-bond acceptors (Lipinski definition) is 7. The highest BCUT2D eigenvalue weighted by atomic mass is 19.4. The number of carbonyl (C=O) groups excluding carboxylic acids is 2. The van der Waals surface area contributed by atoms with Crippen molar-refractivity contribution in [3.63, 3.8) is 0 Å². The molecule has 3 heterocycles. The van der Waals surface area contributed by atoms with Gasteiger partial charge in [-0.1, -0.05) is 12.1 Å². The Hall–Kier alpha value is -3.59.